The van der Waals surface area contributed by atoms with Gasteiger partial charge >= 0.3 is 6.18 Å². The molecule has 0 saturated carbocycles. The van der Waals surface area contributed by atoms with E-state index in [-0.39, 0.29) is 24.1 Å². The van der Waals surface area contributed by atoms with Crippen molar-refractivity contribution in [2.75, 3.05) is 0 Å². The summed E-state index contributed by atoms with van der Waals surface area (Å²) >= 11 is 0. The van der Waals surface area contributed by atoms with E-state index in [0.29, 0.717) is 23.3 Å². The van der Waals surface area contributed by atoms with Gasteiger partial charge in [-0.2, -0.15) is 18.2 Å². The number of Topliss-reactive ketones (excluding diaryl/α,β-unsaturated/α-hetero) is 1. The Balaban J connectivity index is 1.63. The SMILES string of the molecule is CCC(=O)c1ccc(OCc2nc(-c3ccc(C(F)(F)F)cc3)no2)cc1. The molecule has 3 rings (SSSR count). The van der Waals surface area contributed by atoms with Gasteiger partial charge < -0.3 is 9.26 Å². The molecule has 0 aliphatic heterocycles. The molecule has 0 amide bonds. The molecule has 0 radical (unpaired) electrons. The van der Waals surface area contributed by atoms with E-state index >= 15 is 0 Å². The van der Waals surface area contributed by atoms with E-state index in [4.69, 9.17) is 9.26 Å². The van der Waals surface area contributed by atoms with Crippen molar-refractivity contribution in [2.45, 2.75) is 26.1 Å². The Hall–Kier alpha value is -3.16. The number of hydrogen-bond donors (Lipinski definition) is 0. The lowest BCUT2D eigenvalue weighted by Gasteiger charge is -2.05. The molecule has 0 spiro atoms. The van der Waals surface area contributed by atoms with E-state index in [1.165, 1.54) is 12.1 Å². The number of benzene rings is 2. The zero-order chi connectivity index (χ0) is 19.4. The van der Waals surface area contributed by atoms with Gasteiger partial charge in [0.1, 0.15) is 5.75 Å². The Morgan fingerprint density at radius 2 is 1.74 bits per heavy atom. The summed E-state index contributed by atoms with van der Waals surface area (Å²) in [6.07, 6.45) is -3.97. The average molecular weight is 376 g/mol. The number of alkyl halides is 3. The molecule has 3 aromatic rings. The lowest BCUT2D eigenvalue weighted by atomic mass is 10.1. The molecule has 0 atom stereocenters. The van der Waals surface area contributed by atoms with Crippen LogP contribution >= 0.6 is 0 Å². The number of carbonyl (C=O) groups is 1. The maximum Gasteiger partial charge on any atom is 0.416 e. The number of nitrogens with zero attached hydrogens (tertiary/aromatic N) is 2. The molecule has 0 aliphatic rings. The number of ether oxygens (including phenoxy) is 1. The van der Waals surface area contributed by atoms with E-state index in [1.54, 1.807) is 31.2 Å². The Bertz CT molecular complexity index is 917. The second kappa shape index (κ2) is 7.61. The van der Waals surface area contributed by atoms with Gasteiger partial charge in [0, 0.05) is 17.5 Å². The summed E-state index contributed by atoms with van der Waals surface area (Å²) in [5.41, 5.74) is 0.260. The number of halogens is 3. The third-order valence-electron chi connectivity index (χ3n) is 3.80. The van der Waals surface area contributed by atoms with Crippen molar-refractivity contribution < 1.29 is 27.2 Å². The number of rotatable bonds is 6. The van der Waals surface area contributed by atoms with Crippen LogP contribution in [0.4, 0.5) is 13.2 Å². The lowest BCUT2D eigenvalue weighted by molar-refractivity contribution is -0.137. The van der Waals surface area contributed by atoms with Crippen molar-refractivity contribution >= 4 is 5.78 Å². The van der Waals surface area contributed by atoms with Crippen LogP contribution in [0.2, 0.25) is 0 Å². The molecule has 0 bridgehead atoms. The first kappa shape index (κ1) is 18.6. The molecular formula is C19H15F3N2O3. The molecule has 0 aliphatic carbocycles. The lowest BCUT2D eigenvalue weighted by Crippen LogP contribution is -2.04. The highest BCUT2D eigenvalue weighted by Gasteiger charge is 2.30. The van der Waals surface area contributed by atoms with Crippen LogP contribution in [0, 0.1) is 0 Å². The van der Waals surface area contributed by atoms with Gasteiger partial charge in [0.25, 0.3) is 5.89 Å². The van der Waals surface area contributed by atoms with Crippen LogP contribution in [-0.4, -0.2) is 15.9 Å². The molecular weight excluding hydrogens is 361 g/mol. The minimum Gasteiger partial charge on any atom is -0.484 e. The fourth-order valence-corrected chi connectivity index (χ4v) is 2.33. The normalized spacial score (nSPS) is 11.4. The summed E-state index contributed by atoms with van der Waals surface area (Å²) in [5.74, 6) is 0.918. The Kier molecular flexibility index (Phi) is 5.25. The van der Waals surface area contributed by atoms with E-state index in [2.05, 4.69) is 10.1 Å². The van der Waals surface area contributed by atoms with Gasteiger partial charge in [-0.25, -0.2) is 0 Å². The fraction of sp³-hybridized carbons (Fsp3) is 0.211. The predicted molar refractivity (Wildman–Crippen MR) is 90.1 cm³/mol. The van der Waals surface area contributed by atoms with E-state index in [1.807, 2.05) is 0 Å². The molecule has 0 fully saturated rings. The summed E-state index contributed by atoms with van der Waals surface area (Å²) in [7, 11) is 0. The van der Waals surface area contributed by atoms with E-state index in [9.17, 15) is 18.0 Å². The van der Waals surface area contributed by atoms with Crippen molar-refractivity contribution in [1.29, 1.82) is 0 Å². The molecule has 0 saturated heterocycles. The molecule has 8 heteroatoms. The van der Waals surface area contributed by atoms with Crippen LogP contribution in [0.1, 0.15) is 35.2 Å². The van der Waals surface area contributed by atoms with Crippen LogP contribution < -0.4 is 4.74 Å². The highest BCUT2D eigenvalue weighted by Crippen LogP contribution is 2.30. The van der Waals surface area contributed by atoms with Crippen LogP contribution in [0.5, 0.6) is 5.75 Å². The molecule has 1 aromatic heterocycles. The zero-order valence-corrected chi connectivity index (χ0v) is 14.3. The summed E-state index contributed by atoms with van der Waals surface area (Å²) < 4.78 is 48.3. The molecule has 0 unspecified atom stereocenters. The molecule has 5 nitrogen and oxygen atoms in total. The smallest absolute Gasteiger partial charge is 0.416 e. The average Bonchev–Trinajstić information content (AvgIpc) is 3.14. The number of aromatic nitrogens is 2. The largest absolute Gasteiger partial charge is 0.484 e. The van der Waals surface area contributed by atoms with E-state index in [0.717, 1.165) is 12.1 Å². The van der Waals surface area contributed by atoms with Gasteiger partial charge in [0.15, 0.2) is 12.4 Å². The standard InChI is InChI=1S/C19H15F3N2O3/c1-2-16(25)12-5-9-15(10-6-12)26-11-17-23-18(24-27-17)13-3-7-14(8-4-13)19(20,21)22/h3-10H,2,11H2,1H3. The van der Waals surface area contributed by atoms with Gasteiger partial charge in [0.2, 0.25) is 5.82 Å². The topological polar surface area (TPSA) is 65.2 Å². The highest BCUT2D eigenvalue weighted by atomic mass is 19.4. The first-order valence-electron chi connectivity index (χ1n) is 8.13. The van der Waals surface area contributed by atoms with Gasteiger partial charge in [-0.3, -0.25) is 4.79 Å². The minimum absolute atomic E-state index is 0.00525. The summed E-state index contributed by atoms with van der Waals surface area (Å²) in [5, 5.41) is 3.75. The first-order chi connectivity index (χ1) is 12.9. The van der Waals surface area contributed by atoms with Gasteiger partial charge in [0.05, 0.1) is 5.56 Å². The highest BCUT2D eigenvalue weighted by molar-refractivity contribution is 5.95. The fourth-order valence-electron chi connectivity index (χ4n) is 2.33. The zero-order valence-electron chi connectivity index (χ0n) is 14.3. The summed E-state index contributed by atoms with van der Waals surface area (Å²) in [6, 6.07) is 11.1. The summed E-state index contributed by atoms with van der Waals surface area (Å²) in [6.45, 7) is 1.78. The van der Waals surface area contributed by atoms with Crippen LogP contribution in [-0.2, 0) is 12.8 Å². The molecule has 2 aromatic carbocycles. The molecule has 27 heavy (non-hydrogen) atoms. The minimum atomic E-state index is -4.40. The monoisotopic (exact) mass is 376 g/mol. The van der Waals surface area contributed by atoms with Crippen molar-refractivity contribution in [1.82, 2.24) is 10.1 Å². The second-order valence-corrected chi connectivity index (χ2v) is 5.68. The Morgan fingerprint density at radius 1 is 1.07 bits per heavy atom. The van der Waals surface area contributed by atoms with Crippen molar-refractivity contribution in [2.24, 2.45) is 0 Å². The van der Waals surface area contributed by atoms with Gasteiger partial charge in [-0.15, -0.1) is 0 Å². The number of ketones is 1. The van der Waals surface area contributed by atoms with Gasteiger partial charge in [-0.05, 0) is 36.4 Å². The number of carbonyl (C=O) groups excluding carboxylic acids is 1. The third kappa shape index (κ3) is 4.52. The third-order valence-corrected chi connectivity index (χ3v) is 3.80. The Labute approximate surface area is 152 Å². The second-order valence-electron chi connectivity index (χ2n) is 5.68. The van der Waals surface area contributed by atoms with Crippen molar-refractivity contribution in [3.63, 3.8) is 0 Å². The first-order valence-corrected chi connectivity index (χ1v) is 8.13. The molecule has 1 heterocycles. The van der Waals surface area contributed by atoms with Crippen LogP contribution in [0.15, 0.2) is 53.1 Å². The molecule has 140 valence electrons. The maximum absolute atomic E-state index is 12.6. The quantitative estimate of drug-likeness (QED) is 0.571. The number of hydrogen-bond acceptors (Lipinski definition) is 5. The van der Waals surface area contributed by atoms with Crippen molar-refractivity contribution in [3.8, 4) is 17.1 Å². The van der Waals surface area contributed by atoms with Crippen molar-refractivity contribution in [3.05, 3.63) is 65.5 Å². The maximum atomic E-state index is 12.6. The summed E-state index contributed by atoms with van der Waals surface area (Å²) in [4.78, 5) is 15.7. The Morgan fingerprint density at radius 3 is 2.33 bits per heavy atom. The van der Waals surface area contributed by atoms with E-state index < -0.39 is 11.7 Å². The predicted octanol–water partition coefficient (Wildman–Crippen LogP) is 4.93. The van der Waals surface area contributed by atoms with Crippen LogP contribution in [0.3, 0.4) is 0 Å². The van der Waals surface area contributed by atoms with Crippen LogP contribution in [0.25, 0.3) is 11.4 Å². The van der Waals surface area contributed by atoms with Gasteiger partial charge in [-0.1, -0.05) is 24.2 Å². The molecule has 0 N–H and O–H groups in total.